The van der Waals surface area contributed by atoms with Gasteiger partial charge in [-0.1, -0.05) is 50.6 Å². The summed E-state index contributed by atoms with van der Waals surface area (Å²) in [6.07, 6.45) is 3.71. The van der Waals surface area contributed by atoms with Gasteiger partial charge < -0.3 is 10.4 Å². The van der Waals surface area contributed by atoms with Crippen LogP contribution in [0.4, 0.5) is 0 Å². The maximum Gasteiger partial charge on any atom is 0.326 e. The van der Waals surface area contributed by atoms with Gasteiger partial charge in [-0.05, 0) is 17.6 Å². The molecule has 0 saturated carbocycles. The number of carbonyl (C=O) groups is 2. The molecule has 0 aliphatic rings. The standard InChI is InChI=1S/C15H19NO3/c1-3-11(2)14(15(18)19)16-13(17)10-9-12-7-5-4-6-8-12/h4-11,14H,3H2,1-2H3,(H,16,17)(H,18,19)/b10-9+. The number of carboxylic acids is 1. The summed E-state index contributed by atoms with van der Waals surface area (Å²) in [6.45, 7) is 3.70. The van der Waals surface area contributed by atoms with Crippen molar-refractivity contribution >= 4 is 18.0 Å². The van der Waals surface area contributed by atoms with E-state index >= 15 is 0 Å². The fourth-order valence-electron chi connectivity index (χ4n) is 1.62. The molecule has 0 aromatic heterocycles. The van der Waals surface area contributed by atoms with Crippen molar-refractivity contribution < 1.29 is 14.7 Å². The Kier molecular flexibility index (Phi) is 5.79. The van der Waals surface area contributed by atoms with E-state index in [2.05, 4.69) is 5.32 Å². The molecule has 2 unspecified atom stereocenters. The molecule has 0 spiro atoms. The monoisotopic (exact) mass is 261 g/mol. The molecule has 0 aliphatic heterocycles. The van der Waals surface area contributed by atoms with Gasteiger partial charge in [0.05, 0.1) is 0 Å². The van der Waals surface area contributed by atoms with Gasteiger partial charge in [-0.15, -0.1) is 0 Å². The molecule has 0 bridgehead atoms. The molecule has 0 saturated heterocycles. The normalized spacial score (nSPS) is 14.0. The Morgan fingerprint density at radius 1 is 1.32 bits per heavy atom. The quantitative estimate of drug-likeness (QED) is 0.772. The number of carboxylic acid groups (broad SMARTS) is 1. The van der Waals surface area contributed by atoms with Crippen molar-refractivity contribution in [1.82, 2.24) is 5.32 Å². The molecule has 4 heteroatoms. The second kappa shape index (κ2) is 7.36. The molecular formula is C15H19NO3. The lowest BCUT2D eigenvalue weighted by atomic mass is 9.99. The van der Waals surface area contributed by atoms with Crippen LogP contribution in [-0.4, -0.2) is 23.0 Å². The van der Waals surface area contributed by atoms with E-state index in [-0.39, 0.29) is 5.92 Å². The third-order valence-electron chi connectivity index (χ3n) is 3.00. The van der Waals surface area contributed by atoms with Crippen LogP contribution >= 0.6 is 0 Å². The van der Waals surface area contributed by atoms with Crippen LogP contribution in [0.25, 0.3) is 6.08 Å². The van der Waals surface area contributed by atoms with E-state index in [0.29, 0.717) is 6.42 Å². The van der Waals surface area contributed by atoms with Gasteiger partial charge in [0.2, 0.25) is 5.91 Å². The number of aliphatic carboxylic acids is 1. The SMILES string of the molecule is CCC(C)C(NC(=O)/C=C/c1ccccc1)C(=O)O. The molecule has 1 aromatic carbocycles. The predicted octanol–water partition coefficient (Wildman–Crippen LogP) is 2.32. The highest BCUT2D eigenvalue weighted by atomic mass is 16.4. The Bertz CT molecular complexity index is 454. The largest absolute Gasteiger partial charge is 0.480 e. The van der Waals surface area contributed by atoms with E-state index in [0.717, 1.165) is 5.56 Å². The lowest BCUT2D eigenvalue weighted by Crippen LogP contribution is -2.44. The molecule has 1 aromatic rings. The van der Waals surface area contributed by atoms with Crippen LogP contribution in [0.15, 0.2) is 36.4 Å². The summed E-state index contributed by atoms with van der Waals surface area (Å²) in [7, 11) is 0. The number of carbonyl (C=O) groups excluding carboxylic acids is 1. The molecular weight excluding hydrogens is 242 g/mol. The van der Waals surface area contributed by atoms with Crippen molar-refractivity contribution in [2.45, 2.75) is 26.3 Å². The number of hydrogen-bond acceptors (Lipinski definition) is 2. The summed E-state index contributed by atoms with van der Waals surface area (Å²) in [5.74, 6) is -1.50. The van der Waals surface area contributed by atoms with Gasteiger partial charge in [-0.2, -0.15) is 0 Å². The maximum atomic E-state index is 11.7. The molecule has 0 fully saturated rings. The predicted molar refractivity (Wildman–Crippen MR) is 74.5 cm³/mol. The van der Waals surface area contributed by atoms with Gasteiger partial charge >= 0.3 is 5.97 Å². The summed E-state index contributed by atoms with van der Waals surface area (Å²) in [6, 6.07) is 8.52. The Balaban J connectivity index is 2.63. The summed E-state index contributed by atoms with van der Waals surface area (Å²) >= 11 is 0. The highest BCUT2D eigenvalue weighted by molar-refractivity contribution is 5.94. The number of hydrogen-bond donors (Lipinski definition) is 2. The van der Waals surface area contributed by atoms with Gasteiger partial charge in [-0.25, -0.2) is 4.79 Å². The lowest BCUT2D eigenvalue weighted by Gasteiger charge is -2.19. The highest BCUT2D eigenvalue weighted by Crippen LogP contribution is 2.08. The first-order valence-corrected chi connectivity index (χ1v) is 6.31. The first-order valence-electron chi connectivity index (χ1n) is 6.31. The zero-order valence-corrected chi connectivity index (χ0v) is 11.2. The Morgan fingerprint density at radius 2 is 1.95 bits per heavy atom. The van der Waals surface area contributed by atoms with E-state index in [1.807, 2.05) is 37.3 Å². The average molecular weight is 261 g/mol. The second-order valence-electron chi connectivity index (χ2n) is 4.45. The number of amides is 1. The van der Waals surface area contributed by atoms with E-state index < -0.39 is 17.9 Å². The lowest BCUT2D eigenvalue weighted by molar-refractivity contribution is -0.142. The van der Waals surface area contributed by atoms with Crippen molar-refractivity contribution in [3.8, 4) is 0 Å². The second-order valence-corrected chi connectivity index (χ2v) is 4.45. The van der Waals surface area contributed by atoms with Crippen LogP contribution < -0.4 is 5.32 Å². The van der Waals surface area contributed by atoms with Crippen LogP contribution in [-0.2, 0) is 9.59 Å². The van der Waals surface area contributed by atoms with Gasteiger partial charge in [0.15, 0.2) is 0 Å². The van der Waals surface area contributed by atoms with E-state index in [4.69, 9.17) is 5.11 Å². The number of nitrogens with one attached hydrogen (secondary N) is 1. The van der Waals surface area contributed by atoms with Crippen LogP contribution in [0.3, 0.4) is 0 Å². The van der Waals surface area contributed by atoms with Gasteiger partial charge in [0.1, 0.15) is 6.04 Å². The first-order chi connectivity index (χ1) is 9.04. The number of benzene rings is 1. The minimum Gasteiger partial charge on any atom is -0.480 e. The third-order valence-corrected chi connectivity index (χ3v) is 3.00. The highest BCUT2D eigenvalue weighted by Gasteiger charge is 2.24. The fourth-order valence-corrected chi connectivity index (χ4v) is 1.62. The van der Waals surface area contributed by atoms with Crippen LogP contribution in [0, 0.1) is 5.92 Å². The number of rotatable bonds is 6. The third kappa shape index (κ3) is 4.95. The van der Waals surface area contributed by atoms with Crippen molar-refractivity contribution in [2.75, 3.05) is 0 Å². The van der Waals surface area contributed by atoms with Gasteiger partial charge in [0.25, 0.3) is 0 Å². The molecule has 2 N–H and O–H groups in total. The zero-order valence-electron chi connectivity index (χ0n) is 11.2. The molecule has 1 rings (SSSR count). The van der Waals surface area contributed by atoms with Gasteiger partial charge in [0, 0.05) is 6.08 Å². The minimum absolute atomic E-state index is 0.105. The molecule has 0 radical (unpaired) electrons. The summed E-state index contributed by atoms with van der Waals surface area (Å²) in [5.41, 5.74) is 0.896. The summed E-state index contributed by atoms with van der Waals surface area (Å²) < 4.78 is 0. The van der Waals surface area contributed by atoms with Gasteiger partial charge in [-0.3, -0.25) is 4.79 Å². The Hall–Kier alpha value is -2.10. The van der Waals surface area contributed by atoms with E-state index in [9.17, 15) is 9.59 Å². The molecule has 0 heterocycles. The minimum atomic E-state index is -1.00. The van der Waals surface area contributed by atoms with Crippen molar-refractivity contribution in [3.05, 3.63) is 42.0 Å². The fraction of sp³-hybridized carbons (Fsp3) is 0.333. The van der Waals surface area contributed by atoms with Crippen LogP contribution in [0.5, 0.6) is 0 Å². The molecule has 2 atom stereocenters. The molecule has 0 aliphatic carbocycles. The average Bonchev–Trinajstić information content (AvgIpc) is 2.42. The smallest absolute Gasteiger partial charge is 0.326 e. The Morgan fingerprint density at radius 3 is 2.47 bits per heavy atom. The maximum absolute atomic E-state index is 11.7. The van der Waals surface area contributed by atoms with Crippen LogP contribution in [0.1, 0.15) is 25.8 Å². The topological polar surface area (TPSA) is 66.4 Å². The summed E-state index contributed by atoms with van der Waals surface area (Å²) in [5, 5.41) is 11.6. The summed E-state index contributed by atoms with van der Waals surface area (Å²) in [4.78, 5) is 22.8. The molecule has 1 amide bonds. The molecule has 19 heavy (non-hydrogen) atoms. The Labute approximate surface area is 113 Å². The van der Waals surface area contributed by atoms with Crippen molar-refractivity contribution in [1.29, 1.82) is 0 Å². The van der Waals surface area contributed by atoms with E-state index in [1.165, 1.54) is 6.08 Å². The zero-order chi connectivity index (χ0) is 14.3. The van der Waals surface area contributed by atoms with E-state index in [1.54, 1.807) is 13.0 Å². The van der Waals surface area contributed by atoms with Crippen molar-refractivity contribution in [3.63, 3.8) is 0 Å². The van der Waals surface area contributed by atoms with Crippen molar-refractivity contribution in [2.24, 2.45) is 5.92 Å². The molecule has 102 valence electrons. The first kappa shape index (κ1) is 15.0. The molecule has 4 nitrogen and oxygen atoms in total. The van der Waals surface area contributed by atoms with Crippen LogP contribution in [0.2, 0.25) is 0 Å².